The second kappa shape index (κ2) is 4.45. The van der Waals surface area contributed by atoms with E-state index in [1.165, 1.54) is 24.3 Å². The number of anilines is 1. The number of hydrogen-bond acceptors (Lipinski definition) is 3. The second-order valence-corrected chi connectivity index (χ2v) is 2.87. The Labute approximate surface area is 86.3 Å². The molecule has 1 amide bonds. The average molecular weight is 210 g/mol. The predicted molar refractivity (Wildman–Crippen MR) is 54.4 cm³/mol. The van der Waals surface area contributed by atoms with Gasteiger partial charge in [-0.15, -0.1) is 0 Å². The lowest BCUT2D eigenvalue weighted by atomic mass is 10.1. The van der Waals surface area contributed by atoms with Crippen molar-refractivity contribution < 1.29 is 13.9 Å². The summed E-state index contributed by atoms with van der Waals surface area (Å²) in [5, 5.41) is 0. The van der Waals surface area contributed by atoms with E-state index in [-0.39, 0.29) is 0 Å². The van der Waals surface area contributed by atoms with Gasteiger partial charge in [-0.3, -0.25) is 0 Å². The molecule has 0 saturated carbocycles. The number of ether oxygens (including phenoxy) is 1. The molecule has 0 radical (unpaired) electrons. The molecule has 15 heavy (non-hydrogen) atoms. The summed E-state index contributed by atoms with van der Waals surface area (Å²) in [5.74, 6) is -0.473. The highest BCUT2D eigenvalue weighted by Crippen LogP contribution is 2.25. The molecule has 0 bridgehead atoms. The molecule has 80 valence electrons. The van der Waals surface area contributed by atoms with Gasteiger partial charge in [-0.2, -0.15) is 0 Å². The number of nitrogens with two attached hydrogens (primary N) is 2. The predicted octanol–water partition coefficient (Wildman–Crippen LogP) is 1.73. The summed E-state index contributed by atoms with van der Waals surface area (Å²) in [4.78, 5) is 10.6. The molecule has 1 atom stereocenters. The Bertz CT molecular complexity index is 393. The molecule has 0 saturated heterocycles. The van der Waals surface area contributed by atoms with Crippen molar-refractivity contribution in [3.8, 4) is 0 Å². The Morgan fingerprint density at radius 2 is 2.27 bits per heavy atom. The van der Waals surface area contributed by atoms with Crippen LogP contribution in [0.15, 0.2) is 30.9 Å². The molecular weight excluding hydrogens is 199 g/mol. The van der Waals surface area contributed by atoms with E-state index < -0.39 is 18.0 Å². The maximum absolute atomic E-state index is 12.9. The number of nitrogen functional groups attached to an aromatic ring is 1. The van der Waals surface area contributed by atoms with Crippen LogP contribution in [0.25, 0.3) is 0 Å². The first-order valence-electron chi connectivity index (χ1n) is 4.18. The molecule has 0 heterocycles. The number of halogens is 1. The third-order valence-electron chi connectivity index (χ3n) is 1.81. The smallest absolute Gasteiger partial charge is 0.405 e. The highest BCUT2D eigenvalue weighted by Gasteiger charge is 2.14. The van der Waals surface area contributed by atoms with E-state index in [0.717, 1.165) is 0 Å². The minimum atomic E-state index is -0.969. The van der Waals surface area contributed by atoms with Crippen LogP contribution in [0.1, 0.15) is 11.7 Å². The van der Waals surface area contributed by atoms with Gasteiger partial charge < -0.3 is 16.2 Å². The van der Waals surface area contributed by atoms with Crippen LogP contribution >= 0.6 is 0 Å². The minimum absolute atomic E-state index is 0.308. The maximum Gasteiger partial charge on any atom is 0.405 e. The molecule has 1 aromatic rings. The largest absolute Gasteiger partial charge is 0.437 e. The average Bonchev–Trinajstić information content (AvgIpc) is 2.18. The van der Waals surface area contributed by atoms with Crippen molar-refractivity contribution in [1.82, 2.24) is 0 Å². The lowest BCUT2D eigenvalue weighted by Gasteiger charge is -2.14. The van der Waals surface area contributed by atoms with Gasteiger partial charge in [0, 0.05) is 11.3 Å². The molecule has 0 spiro atoms. The second-order valence-electron chi connectivity index (χ2n) is 2.87. The van der Waals surface area contributed by atoms with Crippen LogP contribution in [0.5, 0.6) is 0 Å². The van der Waals surface area contributed by atoms with E-state index in [4.69, 9.17) is 16.2 Å². The first kappa shape index (κ1) is 11.0. The van der Waals surface area contributed by atoms with Gasteiger partial charge in [-0.25, -0.2) is 9.18 Å². The number of hydrogen-bond donors (Lipinski definition) is 2. The minimum Gasteiger partial charge on any atom is -0.437 e. The molecule has 0 aliphatic rings. The van der Waals surface area contributed by atoms with Crippen molar-refractivity contribution in [3.05, 3.63) is 42.2 Å². The van der Waals surface area contributed by atoms with Crippen molar-refractivity contribution >= 4 is 11.8 Å². The van der Waals surface area contributed by atoms with Crippen LogP contribution in [0.2, 0.25) is 0 Å². The Hall–Kier alpha value is -2.04. The molecule has 0 aromatic heterocycles. The SMILES string of the molecule is C=CC(OC(N)=O)c1cc(F)ccc1N. The molecular formula is C10H11FN2O2. The van der Waals surface area contributed by atoms with Gasteiger partial charge in [0.25, 0.3) is 0 Å². The first-order valence-corrected chi connectivity index (χ1v) is 4.18. The Morgan fingerprint density at radius 1 is 1.60 bits per heavy atom. The van der Waals surface area contributed by atoms with Gasteiger partial charge >= 0.3 is 6.09 Å². The molecule has 0 fully saturated rings. The Balaban J connectivity index is 3.05. The van der Waals surface area contributed by atoms with Crippen molar-refractivity contribution in [2.75, 3.05) is 5.73 Å². The maximum atomic E-state index is 12.9. The summed E-state index contributed by atoms with van der Waals surface area (Å²) in [6, 6.07) is 3.76. The van der Waals surface area contributed by atoms with E-state index in [1.54, 1.807) is 0 Å². The lowest BCUT2D eigenvalue weighted by molar-refractivity contribution is 0.130. The quantitative estimate of drug-likeness (QED) is 0.589. The van der Waals surface area contributed by atoms with Crippen LogP contribution < -0.4 is 11.5 Å². The first-order chi connectivity index (χ1) is 7.04. The number of rotatable bonds is 3. The van der Waals surface area contributed by atoms with Crippen molar-refractivity contribution in [2.45, 2.75) is 6.10 Å². The summed E-state index contributed by atoms with van der Waals surface area (Å²) in [7, 11) is 0. The van der Waals surface area contributed by atoms with Crippen molar-refractivity contribution in [3.63, 3.8) is 0 Å². The zero-order valence-corrected chi connectivity index (χ0v) is 7.94. The Kier molecular flexibility index (Phi) is 3.28. The zero-order valence-electron chi connectivity index (χ0n) is 7.94. The van der Waals surface area contributed by atoms with Gasteiger partial charge in [0.15, 0.2) is 0 Å². The van der Waals surface area contributed by atoms with Gasteiger partial charge in [0.05, 0.1) is 0 Å². The summed E-state index contributed by atoms with van der Waals surface area (Å²) in [6.45, 7) is 3.45. The standard InChI is InChI=1S/C10H11FN2O2/c1-2-9(15-10(13)14)7-5-6(11)3-4-8(7)12/h2-5,9H,1,12H2,(H2,13,14). The van der Waals surface area contributed by atoms with Crippen molar-refractivity contribution in [2.24, 2.45) is 5.73 Å². The van der Waals surface area contributed by atoms with E-state index in [0.29, 0.717) is 11.3 Å². The van der Waals surface area contributed by atoms with E-state index in [1.807, 2.05) is 0 Å². The molecule has 4 nitrogen and oxygen atoms in total. The monoisotopic (exact) mass is 210 g/mol. The highest BCUT2D eigenvalue weighted by atomic mass is 19.1. The van der Waals surface area contributed by atoms with Crippen LogP contribution in [-0.2, 0) is 4.74 Å². The van der Waals surface area contributed by atoms with Crippen LogP contribution in [0, 0.1) is 5.82 Å². The molecule has 1 rings (SSSR count). The van der Waals surface area contributed by atoms with Gasteiger partial charge in [-0.05, 0) is 24.3 Å². The topological polar surface area (TPSA) is 78.3 Å². The number of carbonyl (C=O) groups is 1. The molecule has 1 aromatic carbocycles. The van der Waals surface area contributed by atoms with E-state index in [2.05, 4.69) is 6.58 Å². The Morgan fingerprint density at radius 3 is 2.80 bits per heavy atom. The lowest BCUT2D eigenvalue weighted by Crippen LogP contribution is -2.17. The number of amides is 1. The third kappa shape index (κ3) is 2.70. The third-order valence-corrected chi connectivity index (χ3v) is 1.81. The molecule has 5 heteroatoms. The van der Waals surface area contributed by atoms with E-state index in [9.17, 15) is 9.18 Å². The van der Waals surface area contributed by atoms with Gasteiger partial charge in [-0.1, -0.05) is 6.58 Å². The fraction of sp³-hybridized carbons (Fsp3) is 0.100. The van der Waals surface area contributed by atoms with E-state index >= 15 is 0 Å². The summed E-state index contributed by atoms with van der Waals surface area (Å²) in [6.07, 6.45) is -0.489. The fourth-order valence-electron chi connectivity index (χ4n) is 1.16. The molecule has 0 aliphatic carbocycles. The number of carbonyl (C=O) groups excluding carboxylic acids is 1. The molecule has 0 aliphatic heterocycles. The number of benzene rings is 1. The normalized spacial score (nSPS) is 11.8. The molecule has 1 unspecified atom stereocenters. The summed E-state index contributed by atoms with van der Waals surface area (Å²) < 4.78 is 17.6. The van der Waals surface area contributed by atoms with Gasteiger partial charge in [0.1, 0.15) is 11.9 Å². The summed E-state index contributed by atoms with van der Waals surface area (Å²) in [5.41, 5.74) is 11.1. The van der Waals surface area contributed by atoms with Crippen LogP contribution in [0.3, 0.4) is 0 Å². The zero-order chi connectivity index (χ0) is 11.4. The van der Waals surface area contributed by atoms with Crippen LogP contribution in [0.4, 0.5) is 14.9 Å². The van der Waals surface area contributed by atoms with Crippen molar-refractivity contribution in [1.29, 1.82) is 0 Å². The number of primary amides is 1. The molecule has 4 N–H and O–H groups in total. The fourth-order valence-corrected chi connectivity index (χ4v) is 1.16. The highest BCUT2D eigenvalue weighted by molar-refractivity contribution is 5.65. The summed E-state index contributed by atoms with van der Waals surface area (Å²) >= 11 is 0. The van der Waals surface area contributed by atoms with Gasteiger partial charge in [0.2, 0.25) is 0 Å². The van der Waals surface area contributed by atoms with Crippen LogP contribution in [-0.4, -0.2) is 6.09 Å².